The maximum absolute atomic E-state index is 12.8. The Morgan fingerprint density at radius 1 is 1.28 bits per heavy atom. The predicted molar refractivity (Wildman–Crippen MR) is 109 cm³/mol. The van der Waals surface area contributed by atoms with E-state index >= 15 is 0 Å². The molecule has 0 radical (unpaired) electrons. The number of methoxy groups -OCH3 is 1. The molecule has 8 nitrogen and oxygen atoms in total. The summed E-state index contributed by atoms with van der Waals surface area (Å²) >= 11 is 0. The van der Waals surface area contributed by atoms with Gasteiger partial charge in [0.25, 0.3) is 5.91 Å². The molecular formula is C21H24N4O4. The number of hydrogen-bond donors (Lipinski definition) is 2. The Morgan fingerprint density at radius 2 is 2.03 bits per heavy atom. The lowest BCUT2D eigenvalue weighted by Crippen LogP contribution is -2.26. The largest absolute Gasteiger partial charge is 0.496 e. The third kappa shape index (κ3) is 4.21. The van der Waals surface area contributed by atoms with Crippen LogP contribution in [-0.4, -0.2) is 45.4 Å². The van der Waals surface area contributed by atoms with Crippen LogP contribution in [0.15, 0.2) is 30.5 Å². The summed E-state index contributed by atoms with van der Waals surface area (Å²) in [7, 11) is 1.49. The number of aromatic carboxylic acids is 1. The zero-order valence-electron chi connectivity index (χ0n) is 16.9. The molecule has 1 amide bonds. The highest BCUT2D eigenvalue weighted by atomic mass is 16.5. The highest BCUT2D eigenvalue weighted by Gasteiger charge is 2.17. The monoisotopic (exact) mass is 396 g/mol. The molecular weight excluding hydrogens is 372 g/mol. The number of benzene rings is 1. The first-order valence-electron chi connectivity index (χ1n) is 9.35. The van der Waals surface area contributed by atoms with Crippen LogP contribution < -0.4 is 10.1 Å². The van der Waals surface area contributed by atoms with Gasteiger partial charge in [0.2, 0.25) is 0 Å². The molecule has 0 saturated heterocycles. The van der Waals surface area contributed by atoms with Gasteiger partial charge in [0.1, 0.15) is 5.75 Å². The second-order valence-corrected chi connectivity index (χ2v) is 7.07. The molecule has 0 aliphatic heterocycles. The lowest BCUT2D eigenvalue weighted by molar-refractivity contribution is 0.0696. The molecule has 0 spiro atoms. The van der Waals surface area contributed by atoms with Crippen LogP contribution in [0.5, 0.6) is 5.75 Å². The molecule has 0 unspecified atom stereocenters. The van der Waals surface area contributed by atoms with E-state index in [4.69, 9.17) is 9.84 Å². The number of carboxylic acids is 1. The van der Waals surface area contributed by atoms with E-state index in [1.54, 1.807) is 23.0 Å². The van der Waals surface area contributed by atoms with E-state index in [0.717, 1.165) is 11.3 Å². The van der Waals surface area contributed by atoms with Crippen LogP contribution in [0.4, 0.5) is 0 Å². The third-order valence-corrected chi connectivity index (χ3v) is 4.64. The van der Waals surface area contributed by atoms with E-state index in [0.29, 0.717) is 35.3 Å². The normalized spacial score (nSPS) is 11.1. The average molecular weight is 396 g/mol. The summed E-state index contributed by atoms with van der Waals surface area (Å²) < 4.78 is 7.08. The van der Waals surface area contributed by atoms with Crippen LogP contribution in [-0.2, 0) is 6.42 Å². The number of rotatable bonds is 7. The van der Waals surface area contributed by atoms with Crippen molar-refractivity contribution in [3.05, 3.63) is 52.8 Å². The van der Waals surface area contributed by atoms with Crippen molar-refractivity contribution in [3.63, 3.8) is 0 Å². The number of ether oxygens (including phenoxy) is 1. The standard InChI is InChI=1S/C21H24N4O4/c1-12(2)25-19-17(11-23-25)16(9-13(3)24-19)20(26)22-8-7-14-5-6-15(21(27)28)10-18(14)29-4/h5-6,9-12H,7-8H2,1-4H3,(H,22,26)(H,27,28). The first kappa shape index (κ1) is 20.3. The molecule has 1 aromatic carbocycles. The molecule has 2 aromatic heterocycles. The van der Waals surface area contributed by atoms with Gasteiger partial charge in [0.05, 0.1) is 29.8 Å². The second-order valence-electron chi connectivity index (χ2n) is 7.07. The second kappa shape index (κ2) is 8.30. The number of carbonyl (C=O) groups excluding carboxylic acids is 1. The van der Waals surface area contributed by atoms with Crippen molar-refractivity contribution in [3.8, 4) is 5.75 Å². The zero-order chi connectivity index (χ0) is 21.1. The molecule has 3 aromatic rings. The number of pyridine rings is 1. The number of nitrogens with zero attached hydrogens (tertiary/aromatic N) is 3. The van der Waals surface area contributed by atoms with Gasteiger partial charge in [0.15, 0.2) is 5.65 Å². The minimum absolute atomic E-state index is 0.138. The molecule has 8 heteroatoms. The summed E-state index contributed by atoms with van der Waals surface area (Å²) in [6.45, 7) is 6.25. The average Bonchev–Trinajstić information content (AvgIpc) is 3.11. The van der Waals surface area contributed by atoms with Gasteiger partial charge in [-0.05, 0) is 51.0 Å². The van der Waals surface area contributed by atoms with E-state index in [-0.39, 0.29) is 17.5 Å². The molecule has 0 bridgehead atoms. The number of hydrogen-bond acceptors (Lipinski definition) is 5. The Balaban J connectivity index is 1.76. The lowest BCUT2D eigenvalue weighted by Gasteiger charge is -2.11. The van der Waals surface area contributed by atoms with Gasteiger partial charge in [-0.2, -0.15) is 5.10 Å². The Hall–Kier alpha value is -3.42. The van der Waals surface area contributed by atoms with Gasteiger partial charge >= 0.3 is 5.97 Å². The molecule has 2 N–H and O–H groups in total. The molecule has 0 fully saturated rings. The Morgan fingerprint density at radius 3 is 2.69 bits per heavy atom. The van der Waals surface area contributed by atoms with E-state index in [1.165, 1.54) is 19.2 Å². The van der Waals surface area contributed by atoms with Crippen molar-refractivity contribution >= 4 is 22.9 Å². The topological polar surface area (TPSA) is 106 Å². The minimum Gasteiger partial charge on any atom is -0.496 e. The van der Waals surface area contributed by atoms with Crippen molar-refractivity contribution in [2.75, 3.05) is 13.7 Å². The van der Waals surface area contributed by atoms with E-state index in [9.17, 15) is 9.59 Å². The number of fused-ring (bicyclic) bond motifs is 1. The first-order chi connectivity index (χ1) is 13.8. The third-order valence-electron chi connectivity index (χ3n) is 4.64. The van der Waals surface area contributed by atoms with Crippen LogP contribution in [0.25, 0.3) is 11.0 Å². The Kier molecular flexibility index (Phi) is 5.81. The first-order valence-corrected chi connectivity index (χ1v) is 9.35. The molecule has 29 heavy (non-hydrogen) atoms. The number of nitrogens with one attached hydrogen (secondary N) is 1. The predicted octanol–water partition coefficient (Wildman–Crippen LogP) is 3.00. The van der Waals surface area contributed by atoms with Crippen molar-refractivity contribution in [2.24, 2.45) is 0 Å². The Bertz CT molecular complexity index is 1070. The SMILES string of the molecule is COc1cc(C(=O)O)ccc1CCNC(=O)c1cc(C)nc2c1cnn2C(C)C. The molecule has 0 saturated carbocycles. The number of carbonyl (C=O) groups is 2. The molecule has 0 aliphatic carbocycles. The van der Waals surface area contributed by atoms with Crippen LogP contribution in [0.2, 0.25) is 0 Å². The molecule has 2 heterocycles. The summed E-state index contributed by atoms with van der Waals surface area (Å²) in [5.41, 5.74) is 2.95. The number of aromatic nitrogens is 3. The zero-order valence-corrected chi connectivity index (χ0v) is 16.9. The summed E-state index contributed by atoms with van der Waals surface area (Å²) in [5.74, 6) is -0.730. The van der Waals surface area contributed by atoms with Crippen LogP contribution in [0.3, 0.4) is 0 Å². The molecule has 3 rings (SSSR count). The molecule has 0 aliphatic rings. The smallest absolute Gasteiger partial charge is 0.335 e. The summed E-state index contributed by atoms with van der Waals surface area (Å²) in [6.07, 6.45) is 2.18. The van der Waals surface area contributed by atoms with Crippen LogP contribution >= 0.6 is 0 Å². The van der Waals surface area contributed by atoms with Crippen LogP contribution in [0, 0.1) is 6.92 Å². The minimum atomic E-state index is -1.01. The van der Waals surface area contributed by atoms with Crippen molar-refractivity contribution < 1.29 is 19.4 Å². The quantitative estimate of drug-likeness (QED) is 0.636. The number of aryl methyl sites for hydroxylation is 1. The van der Waals surface area contributed by atoms with Crippen molar-refractivity contribution in [1.82, 2.24) is 20.1 Å². The highest BCUT2D eigenvalue weighted by molar-refractivity contribution is 6.05. The number of carboxylic acid groups (broad SMARTS) is 1. The van der Waals surface area contributed by atoms with Crippen molar-refractivity contribution in [2.45, 2.75) is 33.2 Å². The van der Waals surface area contributed by atoms with Gasteiger partial charge in [-0.15, -0.1) is 0 Å². The van der Waals surface area contributed by atoms with Gasteiger partial charge in [0, 0.05) is 18.3 Å². The molecule has 0 atom stereocenters. The number of amides is 1. The van der Waals surface area contributed by atoms with E-state index in [2.05, 4.69) is 15.4 Å². The van der Waals surface area contributed by atoms with Crippen molar-refractivity contribution in [1.29, 1.82) is 0 Å². The fourth-order valence-electron chi connectivity index (χ4n) is 3.20. The fraction of sp³-hybridized carbons (Fsp3) is 0.333. The van der Waals surface area contributed by atoms with Gasteiger partial charge in [-0.3, -0.25) is 4.79 Å². The summed E-state index contributed by atoms with van der Waals surface area (Å²) in [5, 5.41) is 17.1. The van der Waals surface area contributed by atoms with Crippen LogP contribution in [0.1, 0.15) is 51.9 Å². The molecule has 152 valence electrons. The van der Waals surface area contributed by atoms with Gasteiger partial charge in [-0.25, -0.2) is 14.5 Å². The Labute approximate surface area is 168 Å². The van der Waals surface area contributed by atoms with Gasteiger partial charge in [-0.1, -0.05) is 6.07 Å². The lowest BCUT2D eigenvalue weighted by atomic mass is 10.1. The van der Waals surface area contributed by atoms with E-state index < -0.39 is 5.97 Å². The fourth-order valence-corrected chi connectivity index (χ4v) is 3.20. The maximum Gasteiger partial charge on any atom is 0.335 e. The summed E-state index contributed by atoms with van der Waals surface area (Å²) in [6, 6.07) is 6.61. The highest BCUT2D eigenvalue weighted by Crippen LogP contribution is 2.22. The van der Waals surface area contributed by atoms with E-state index in [1.807, 2.05) is 20.8 Å². The summed E-state index contributed by atoms with van der Waals surface area (Å²) in [4.78, 5) is 28.4. The van der Waals surface area contributed by atoms with Gasteiger partial charge < -0.3 is 15.2 Å². The maximum atomic E-state index is 12.8.